The molecule has 0 fully saturated rings. The molecule has 22 heavy (non-hydrogen) atoms. The van der Waals surface area contributed by atoms with Gasteiger partial charge in [-0.3, -0.25) is 0 Å². The van der Waals surface area contributed by atoms with Crippen molar-refractivity contribution in [2.45, 2.75) is 0 Å². The SMILES string of the molecule is O=[N+]([O-])O.O=[N+]([O-])O.O=[N+]([O-])O.O=[N+]([O-])[O-].O=[N+]([O-])[O-].P.[Ca+2]. The van der Waals surface area contributed by atoms with Gasteiger partial charge < -0.3 is 46.3 Å². The summed E-state index contributed by atoms with van der Waals surface area (Å²) < 4.78 is 0. The summed E-state index contributed by atoms with van der Waals surface area (Å²) in [6, 6.07) is 0. The van der Waals surface area contributed by atoms with Crippen LogP contribution in [0.5, 0.6) is 0 Å². The topological polar surface area (TPSA) is 323 Å². The van der Waals surface area contributed by atoms with E-state index in [9.17, 15) is 0 Å². The molecule has 1 unspecified atom stereocenters. The molecule has 0 saturated heterocycles. The second-order valence-corrected chi connectivity index (χ2v) is 1.16. The van der Waals surface area contributed by atoms with E-state index in [-0.39, 0.29) is 47.6 Å². The second-order valence-electron chi connectivity index (χ2n) is 1.16. The van der Waals surface area contributed by atoms with Crippen LogP contribution in [0, 0.1) is 61.0 Å². The maximum Gasteiger partial charge on any atom is 2.00 e. The molecule has 128 valence electrons. The fraction of sp³-hybridized carbons (Fsp3) is 0. The van der Waals surface area contributed by atoms with Gasteiger partial charge in [0.2, 0.25) is 0 Å². The van der Waals surface area contributed by atoms with Gasteiger partial charge in [-0.05, 0) is 0 Å². The molecule has 0 aliphatic carbocycles. The summed E-state index contributed by atoms with van der Waals surface area (Å²) in [5.74, 6) is 0. The quantitative estimate of drug-likeness (QED) is 0.178. The minimum atomic E-state index is -1.75. The normalized spacial score (nSPS) is 5.45. The van der Waals surface area contributed by atoms with E-state index in [1.807, 2.05) is 0 Å². The van der Waals surface area contributed by atoms with E-state index in [0.29, 0.717) is 0 Å². The van der Waals surface area contributed by atoms with Gasteiger partial charge >= 0.3 is 37.7 Å². The predicted octanol–water partition coefficient (Wildman–Crippen LogP) is -1.84. The average molecular weight is 387 g/mol. The third kappa shape index (κ3) is 923. The van der Waals surface area contributed by atoms with Gasteiger partial charge in [0.25, 0.3) is 15.3 Å². The van der Waals surface area contributed by atoms with E-state index in [2.05, 4.69) is 0 Å². The van der Waals surface area contributed by atoms with Crippen molar-refractivity contribution >= 4 is 47.6 Å². The molecule has 0 aromatic rings. The smallest absolute Gasteiger partial charge is 0.356 e. The van der Waals surface area contributed by atoms with E-state index in [0.717, 1.165) is 0 Å². The van der Waals surface area contributed by atoms with Crippen LogP contribution in [0.3, 0.4) is 0 Å². The molecule has 20 nitrogen and oxygen atoms in total. The van der Waals surface area contributed by atoms with Gasteiger partial charge in [0.1, 0.15) is 0 Å². The number of nitrogens with zero attached hydrogens (tertiary/aromatic N) is 5. The van der Waals surface area contributed by atoms with Gasteiger partial charge in [0, 0.05) is 0 Å². The maximum atomic E-state index is 8.36. The molecule has 0 heterocycles. The third-order valence-corrected chi connectivity index (χ3v) is 0. The van der Waals surface area contributed by atoms with Crippen LogP contribution < -0.4 is 0 Å². The van der Waals surface area contributed by atoms with E-state index in [1.165, 1.54) is 0 Å². The molecule has 0 aromatic carbocycles. The number of hydrogen-bond acceptors (Lipinski definition) is 12. The molecule has 0 aliphatic heterocycles. The Balaban J connectivity index is -0.0000000250. The molecular weight excluding hydrogens is 381 g/mol. The molecule has 0 radical (unpaired) electrons. The van der Waals surface area contributed by atoms with E-state index in [1.54, 1.807) is 0 Å². The molecule has 0 saturated carbocycles. The Morgan fingerprint density at radius 1 is 0.500 bits per heavy atom. The van der Waals surface area contributed by atoms with Crippen LogP contribution in [0.2, 0.25) is 0 Å². The minimum Gasteiger partial charge on any atom is -0.356 e. The largest absolute Gasteiger partial charge is 2.00 e. The molecule has 22 heteroatoms. The molecule has 0 aromatic heterocycles. The van der Waals surface area contributed by atoms with Gasteiger partial charge in [-0.15, -0.1) is 30.3 Å². The van der Waals surface area contributed by atoms with Gasteiger partial charge in [0.15, 0.2) is 0 Å². The number of rotatable bonds is 0. The average Bonchev–Trinajstić information content (AvgIpc) is 1.94. The Kier molecular flexibility index (Phi) is 70.5. The Morgan fingerprint density at radius 3 is 0.500 bits per heavy atom. The minimum absolute atomic E-state index is 0. The molecular formula is H6CaN5O15P. The Bertz CT molecular complexity index is 213. The van der Waals surface area contributed by atoms with Crippen LogP contribution in [-0.4, -0.2) is 78.8 Å². The van der Waals surface area contributed by atoms with Gasteiger partial charge in [-0.1, -0.05) is 0 Å². The fourth-order valence-electron chi connectivity index (χ4n) is 0. The van der Waals surface area contributed by atoms with Crippen LogP contribution in [0.25, 0.3) is 0 Å². The summed E-state index contributed by atoms with van der Waals surface area (Å²) in [6.45, 7) is 0. The Morgan fingerprint density at radius 2 is 0.500 bits per heavy atom. The van der Waals surface area contributed by atoms with Crippen LogP contribution in [-0.2, 0) is 0 Å². The van der Waals surface area contributed by atoms with Crippen LogP contribution >= 0.6 is 9.90 Å². The van der Waals surface area contributed by atoms with Crippen molar-refractivity contribution in [1.29, 1.82) is 0 Å². The summed E-state index contributed by atoms with van der Waals surface area (Å²) in [7, 11) is 0. The zero-order valence-corrected chi connectivity index (χ0v) is 13.5. The second kappa shape index (κ2) is 36.3. The molecule has 1 atom stereocenters. The first-order valence-corrected chi connectivity index (χ1v) is 2.79. The molecule has 3 N–H and O–H groups in total. The van der Waals surface area contributed by atoms with Gasteiger partial charge in [-0.25, -0.2) is 0 Å². The summed E-state index contributed by atoms with van der Waals surface area (Å²) in [4.78, 5) is 41.6. The van der Waals surface area contributed by atoms with Crippen molar-refractivity contribution in [2.24, 2.45) is 0 Å². The Hall–Kier alpha value is -2.31. The van der Waals surface area contributed by atoms with Crippen molar-refractivity contribution in [2.75, 3.05) is 0 Å². The molecule has 0 amide bonds. The summed E-state index contributed by atoms with van der Waals surface area (Å²) in [5.41, 5.74) is 0. The first-order valence-electron chi connectivity index (χ1n) is 2.79. The van der Waals surface area contributed by atoms with Crippen LogP contribution in [0.1, 0.15) is 0 Å². The number of hydrogen-bond donors (Lipinski definition) is 3. The molecule has 0 aliphatic rings. The van der Waals surface area contributed by atoms with Crippen molar-refractivity contribution < 1.29 is 41.1 Å². The molecule has 0 spiro atoms. The van der Waals surface area contributed by atoms with Crippen molar-refractivity contribution in [3.05, 3.63) is 61.0 Å². The molecule has 0 rings (SSSR count). The summed E-state index contributed by atoms with van der Waals surface area (Å²) in [5, 5.41) is 70.4. The van der Waals surface area contributed by atoms with Crippen LogP contribution in [0.15, 0.2) is 0 Å². The van der Waals surface area contributed by atoms with Crippen molar-refractivity contribution in [3.8, 4) is 0 Å². The van der Waals surface area contributed by atoms with Crippen LogP contribution in [0.4, 0.5) is 0 Å². The predicted molar refractivity (Wildman–Crippen MR) is 63.9 cm³/mol. The van der Waals surface area contributed by atoms with E-state index < -0.39 is 25.4 Å². The zero-order chi connectivity index (χ0) is 17.9. The zero-order valence-electron chi connectivity index (χ0n) is 9.89. The summed E-state index contributed by atoms with van der Waals surface area (Å²) >= 11 is 0. The maximum absolute atomic E-state index is 8.36. The Labute approximate surface area is 149 Å². The van der Waals surface area contributed by atoms with E-state index >= 15 is 0 Å². The monoisotopic (exact) mass is 387 g/mol. The standard InChI is InChI=1S/Ca.3HNO3.2NO3.H3P/c;5*2-1(3)4;/h;3*(H,2,3,4);;;1H3/q+2;;;;2*-1;. The van der Waals surface area contributed by atoms with E-state index in [4.69, 9.17) is 76.6 Å². The van der Waals surface area contributed by atoms with Gasteiger partial charge in [0.05, 0.1) is 10.2 Å². The molecule has 0 bridgehead atoms. The summed E-state index contributed by atoms with van der Waals surface area (Å²) in [6.07, 6.45) is 0. The fourth-order valence-corrected chi connectivity index (χ4v) is 0. The van der Waals surface area contributed by atoms with Gasteiger partial charge in [-0.2, -0.15) is 9.90 Å². The third-order valence-electron chi connectivity index (χ3n) is 0. The first kappa shape index (κ1) is 42.7. The van der Waals surface area contributed by atoms with Crippen molar-refractivity contribution in [3.63, 3.8) is 0 Å². The first-order chi connectivity index (χ1) is 8.66. The van der Waals surface area contributed by atoms with Crippen molar-refractivity contribution in [1.82, 2.24) is 0 Å².